The van der Waals surface area contributed by atoms with Crippen molar-refractivity contribution in [2.24, 2.45) is 4.99 Å². The molecule has 6 heteroatoms. The van der Waals surface area contributed by atoms with Crippen LogP contribution < -0.4 is 10.6 Å². The molecule has 1 heterocycles. The summed E-state index contributed by atoms with van der Waals surface area (Å²) in [6.45, 7) is 10.6. The smallest absolute Gasteiger partial charge is 0.191 e. The third-order valence-corrected chi connectivity index (χ3v) is 4.70. The van der Waals surface area contributed by atoms with Crippen LogP contribution >= 0.6 is 11.8 Å². The van der Waals surface area contributed by atoms with E-state index in [2.05, 4.69) is 59.9 Å². The molecule has 5 nitrogen and oxygen atoms in total. The molecule has 1 unspecified atom stereocenters. The number of nitrogens with zero attached hydrogens (tertiary/aromatic N) is 2. The van der Waals surface area contributed by atoms with Gasteiger partial charge in [0.1, 0.15) is 0 Å². The first-order valence-corrected chi connectivity index (χ1v) is 10.5. The average molecular weight is 365 g/mol. The van der Waals surface area contributed by atoms with Crippen LogP contribution in [-0.2, 0) is 17.8 Å². The Hall–Kier alpha value is -1.24. The Labute approximate surface area is 156 Å². The van der Waals surface area contributed by atoms with E-state index in [1.807, 2.05) is 11.8 Å². The Morgan fingerprint density at radius 3 is 2.96 bits per heavy atom. The summed E-state index contributed by atoms with van der Waals surface area (Å²) in [5.74, 6) is 1.97. The highest BCUT2D eigenvalue weighted by Crippen LogP contribution is 2.12. The second-order valence-corrected chi connectivity index (χ2v) is 7.34. The number of thioether (sulfide) groups is 1. The fraction of sp³-hybridized carbons (Fsp3) is 0.632. The standard InChI is InChI=1S/C19H32N4OS/c1-4-20-19(21-8-11-25-3)22-13-17-6-5-7-18(12-17)15-23-9-10-24-16(2)14-23/h5-7,12,16H,4,8-11,13-15H2,1-3H3,(H2,20,21,22). The lowest BCUT2D eigenvalue weighted by atomic mass is 10.1. The zero-order valence-corrected chi connectivity index (χ0v) is 16.6. The van der Waals surface area contributed by atoms with E-state index in [-0.39, 0.29) is 0 Å². The van der Waals surface area contributed by atoms with Crippen LogP contribution in [0.25, 0.3) is 0 Å². The molecule has 2 N–H and O–H groups in total. The van der Waals surface area contributed by atoms with Crippen molar-refractivity contribution in [1.29, 1.82) is 0 Å². The van der Waals surface area contributed by atoms with Crippen molar-refractivity contribution < 1.29 is 4.74 Å². The molecule has 1 atom stereocenters. The third-order valence-electron chi connectivity index (χ3n) is 4.09. The topological polar surface area (TPSA) is 48.9 Å². The van der Waals surface area contributed by atoms with E-state index in [1.54, 1.807) is 0 Å². The molecule has 1 aliphatic heterocycles. The summed E-state index contributed by atoms with van der Waals surface area (Å²) in [7, 11) is 0. The van der Waals surface area contributed by atoms with E-state index in [4.69, 9.17) is 9.73 Å². The Balaban J connectivity index is 1.91. The normalized spacial score (nSPS) is 19.0. The van der Waals surface area contributed by atoms with Gasteiger partial charge in [0.05, 0.1) is 19.3 Å². The van der Waals surface area contributed by atoms with Gasteiger partial charge in [-0.2, -0.15) is 11.8 Å². The van der Waals surface area contributed by atoms with Gasteiger partial charge in [0, 0.05) is 38.5 Å². The molecular weight excluding hydrogens is 332 g/mol. The molecular formula is C19H32N4OS. The van der Waals surface area contributed by atoms with E-state index in [9.17, 15) is 0 Å². The Bertz CT molecular complexity index is 538. The van der Waals surface area contributed by atoms with Gasteiger partial charge in [0.2, 0.25) is 0 Å². The van der Waals surface area contributed by atoms with Crippen molar-refractivity contribution in [2.45, 2.75) is 33.0 Å². The first kappa shape index (κ1) is 20.1. The number of morpholine rings is 1. The van der Waals surface area contributed by atoms with Gasteiger partial charge in [-0.3, -0.25) is 4.90 Å². The summed E-state index contributed by atoms with van der Waals surface area (Å²) in [4.78, 5) is 7.17. The lowest BCUT2D eigenvalue weighted by Crippen LogP contribution is -2.40. The third kappa shape index (κ3) is 7.67. The van der Waals surface area contributed by atoms with Gasteiger partial charge in [-0.1, -0.05) is 24.3 Å². The second-order valence-electron chi connectivity index (χ2n) is 6.35. The fourth-order valence-electron chi connectivity index (χ4n) is 2.90. The number of hydrogen-bond acceptors (Lipinski definition) is 4. The highest BCUT2D eigenvalue weighted by molar-refractivity contribution is 7.98. The molecule has 0 aromatic heterocycles. The quantitative estimate of drug-likeness (QED) is 0.421. The highest BCUT2D eigenvalue weighted by atomic mass is 32.2. The maximum absolute atomic E-state index is 5.62. The van der Waals surface area contributed by atoms with Crippen LogP contribution in [-0.4, -0.2) is 61.8 Å². The number of rotatable bonds is 8. The highest BCUT2D eigenvalue weighted by Gasteiger charge is 2.16. The largest absolute Gasteiger partial charge is 0.376 e. The Morgan fingerprint density at radius 1 is 1.36 bits per heavy atom. The van der Waals surface area contributed by atoms with E-state index < -0.39 is 0 Å². The Morgan fingerprint density at radius 2 is 2.20 bits per heavy atom. The molecule has 0 saturated carbocycles. The molecule has 1 fully saturated rings. The van der Waals surface area contributed by atoms with E-state index >= 15 is 0 Å². The maximum atomic E-state index is 5.62. The lowest BCUT2D eigenvalue weighted by Gasteiger charge is -2.31. The van der Waals surface area contributed by atoms with Gasteiger partial charge in [-0.15, -0.1) is 0 Å². The molecule has 1 saturated heterocycles. The summed E-state index contributed by atoms with van der Waals surface area (Å²) in [6, 6.07) is 8.77. The molecule has 0 amide bonds. The summed E-state index contributed by atoms with van der Waals surface area (Å²) in [6.07, 6.45) is 2.45. The minimum atomic E-state index is 0.330. The molecule has 0 aliphatic carbocycles. The van der Waals surface area contributed by atoms with Crippen LogP contribution in [0, 0.1) is 0 Å². The van der Waals surface area contributed by atoms with Crippen molar-refractivity contribution in [3.63, 3.8) is 0 Å². The van der Waals surface area contributed by atoms with Crippen molar-refractivity contribution in [3.05, 3.63) is 35.4 Å². The number of nitrogens with one attached hydrogen (secondary N) is 2. The number of benzene rings is 1. The van der Waals surface area contributed by atoms with Crippen LogP contribution in [0.15, 0.2) is 29.3 Å². The number of guanidine groups is 1. The minimum Gasteiger partial charge on any atom is -0.376 e. The Kier molecular flexibility index (Phi) is 9.15. The van der Waals surface area contributed by atoms with Crippen molar-refractivity contribution in [1.82, 2.24) is 15.5 Å². The van der Waals surface area contributed by atoms with Gasteiger partial charge < -0.3 is 15.4 Å². The number of ether oxygens (including phenoxy) is 1. The first-order chi connectivity index (χ1) is 12.2. The minimum absolute atomic E-state index is 0.330. The molecule has 1 aromatic rings. The molecule has 25 heavy (non-hydrogen) atoms. The van der Waals surface area contributed by atoms with Crippen molar-refractivity contribution in [3.8, 4) is 0 Å². The monoisotopic (exact) mass is 364 g/mol. The van der Waals surface area contributed by atoms with Crippen molar-refractivity contribution >= 4 is 17.7 Å². The van der Waals surface area contributed by atoms with E-state index in [0.29, 0.717) is 12.6 Å². The van der Waals surface area contributed by atoms with Crippen molar-refractivity contribution in [2.75, 3.05) is 44.8 Å². The molecule has 140 valence electrons. The summed E-state index contributed by atoms with van der Waals surface area (Å²) < 4.78 is 5.62. The van der Waals surface area contributed by atoms with Crippen LogP contribution in [0.5, 0.6) is 0 Å². The zero-order chi connectivity index (χ0) is 17.9. The van der Waals surface area contributed by atoms with Crippen LogP contribution in [0.2, 0.25) is 0 Å². The lowest BCUT2D eigenvalue weighted by molar-refractivity contribution is -0.0212. The summed E-state index contributed by atoms with van der Waals surface area (Å²) in [5.41, 5.74) is 2.60. The summed E-state index contributed by atoms with van der Waals surface area (Å²) >= 11 is 1.84. The van der Waals surface area contributed by atoms with E-state index in [1.165, 1.54) is 11.1 Å². The molecule has 0 bridgehead atoms. The molecule has 2 rings (SSSR count). The molecule has 1 aromatic carbocycles. The molecule has 0 spiro atoms. The molecule has 1 aliphatic rings. The first-order valence-electron chi connectivity index (χ1n) is 9.14. The fourth-order valence-corrected chi connectivity index (χ4v) is 3.21. The molecule has 0 radical (unpaired) electrons. The predicted molar refractivity (Wildman–Crippen MR) is 108 cm³/mol. The van der Waals surface area contributed by atoms with Gasteiger partial charge in [-0.25, -0.2) is 4.99 Å². The zero-order valence-electron chi connectivity index (χ0n) is 15.8. The van der Waals surface area contributed by atoms with Crippen LogP contribution in [0.1, 0.15) is 25.0 Å². The maximum Gasteiger partial charge on any atom is 0.191 e. The second kappa shape index (κ2) is 11.4. The van der Waals surface area contributed by atoms with Crippen LogP contribution in [0.4, 0.5) is 0 Å². The van der Waals surface area contributed by atoms with Gasteiger partial charge in [0.15, 0.2) is 5.96 Å². The number of hydrogen-bond donors (Lipinski definition) is 2. The number of aliphatic imine (C=N–C) groups is 1. The van der Waals surface area contributed by atoms with E-state index in [0.717, 1.165) is 51.0 Å². The van der Waals surface area contributed by atoms with Crippen LogP contribution in [0.3, 0.4) is 0 Å². The average Bonchev–Trinajstić information content (AvgIpc) is 2.60. The van der Waals surface area contributed by atoms with Gasteiger partial charge >= 0.3 is 0 Å². The van der Waals surface area contributed by atoms with Gasteiger partial charge in [-0.05, 0) is 31.2 Å². The predicted octanol–water partition coefficient (Wildman–Crippen LogP) is 2.33. The summed E-state index contributed by atoms with van der Waals surface area (Å²) in [5, 5.41) is 6.68. The SMILES string of the molecule is CCNC(=NCc1cccc(CN2CCOC(C)C2)c1)NCCSC. The van der Waals surface area contributed by atoms with Gasteiger partial charge in [0.25, 0.3) is 0 Å².